The molecule has 4 heteroatoms. The molecule has 0 aliphatic heterocycles. The molecule has 2 saturated carbocycles. The standard InChI is InChI=1S/C15H17NO3/c17-13(12-9-15(12)6-7-15)16-8-5-10-1-3-11(4-2-10)14(18)19/h1-4,12H,5-9H2,(H,16,17)(H,18,19). The zero-order valence-corrected chi connectivity index (χ0v) is 10.7. The summed E-state index contributed by atoms with van der Waals surface area (Å²) in [5.41, 5.74) is 1.75. The minimum absolute atomic E-state index is 0.194. The highest BCUT2D eigenvalue weighted by Crippen LogP contribution is 2.70. The summed E-state index contributed by atoms with van der Waals surface area (Å²) in [6.07, 6.45) is 4.26. The number of hydrogen-bond donors (Lipinski definition) is 2. The van der Waals surface area contributed by atoms with Crippen LogP contribution >= 0.6 is 0 Å². The van der Waals surface area contributed by atoms with Gasteiger partial charge in [0.05, 0.1) is 5.56 Å². The maximum atomic E-state index is 11.8. The van der Waals surface area contributed by atoms with Crippen molar-refractivity contribution in [1.29, 1.82) is 0 Å². The maximum absolute atomic E-state index is 11.8. The lowest BCUT2D eigenvalue weighted by Gasteiger charge is -2.05. The number of benzene rings is 1. The molecule has 19 heavy (non-hydrogen) atoms. The van der Waals surface area contributed by atoms with Crippen molar-refractivity contribution in [3.8, 4) is 0 Å². The van der Waals surface area contributed by atoms with Crippen LogP contribution < -0.4 is 5.32 Å². The van der Waals surface area contributed by atoms with Gasteiger partial charge in [0.25, 0.3) is 0 Å². The average molecular weight is 259 g/mol. The van der Waals surface area contributed by atoms with Crippen LogP contribution in [0.5, 0.6) is 0 Å². The molecule has 3 rings (SSSR count). The summed E-state index contributed by atoms with van der Waals surface area (Å²) < 4.78 is 0. The molecule has 4 nitrogen and oxygen atoms in total. The van der Waals surface area contributed by atoms with Crippen molar-refractivity contribution in [3.05, 3.63) is 35.4 Å². The number of aromatic carboxylic acids is 1. The minimum Gasteiger partial charge on any atom is -0.478 e. The molecular formula is C15H17NO3. The lowest BCUT2D eigenvalue weighted by Crippen LogP contribution is -2.27. The summed E-state index contributed by atoms with van der Waals surface area (Å²) in [6.45, 7) is 0.623. The Balaban J connectivity index is 1.44. The molecule has 0 bridgehead atoms. The third-order valence-corrected chi connectivity index (χ3v) is 4.31. The molecule has 1 amide bonds. The molecular weight excluding hydrogens is 242 g/mol. The molecule has 100 valence electrons. The number of carbonyl (C=O) groups is 2. The van der Waals surface area contributed by atoms with Gasteiger partial charge in [-0.15, -0.1) is 0 Å². The van der Waals surface area contributed by atoms with Gasteiger partial charge in [0.15, 0.2) is 0 Å². The van der Waals surface area contributed by atoms with Crippen molar-refractivity contribution in [3.63, 3.8) is 0 Å². The van der Waals surface area contributed by atoms with Gasteiger partial charge in [0.2, 0.25) is 5.91 Å². The number of hydrogen-bond acceptors (Lipinski definition) is 2. The van der Waals surface area contributed by atoms with Crippen molar-refractivity contribution < 1.29 is 14.7 Å². The van der Waals surface area contributed by atoms with E-state index >= 15 is 0 Å². The zero-order chi connectivity index (χ0) is 13.5. The molecule has 1 atom stereocenters. The third-order valence-electron chi connectivity index (χ3n) is 4.31. The molecule has 2 fully saturated rings. The van der Waals surface area contributed by atoms with Crippen molar-refractivity contribution in [2.24, 2.45) is 11.3 Å². The van der Waals surface area contributed by atoms with E-state index in [1.165, 1.54) is 12.8 Å². The van der Waals surface area contributed by atoms with Crippen molar-refractivity contribution in [1.82, 2.24) is 5.32 Å². The number of nitrogens with one attached hydrogen (secondary N) is 1. The van der Waals surface area contributed by atoms with Gasteiger partial charge in [-0.3, -0.25) is 4.79 Å². The molecule has 0 aromatic heterocycles. The molecule has 0 radical (unpaired) electrons. The monoisotopic (exact) mass is 259 g/mol. The molecule has 1 aromatic rings. The average Bonchev–Trinajstić information content (AvgIpc) is 3.31. The smallest absolute Gasteiger partial charge is 0.335 e. The number of carboxylic acid groups (broad SMARTS) is 1. The molecule has 2 N–H and O–H groups in total. The number of carboxylic acids is 1. The summed E-state index contributed by atoms with van der Waals surface area (Å²) in [7, 11) is 0. The summed E-state index contributed by atoms with van der Waals surface area (Å²) in [5, 5.41) is 11.8. The fraction of sp³-hybridized carbons (Fsp3) is 0.467. The number of amides is 1. The quantitative estimate of drug-likeness (QED) is 0.848. The highest BCUT2D eigenvalue weighted by Gasteiger charge is 2.65. The number of carbonyl (C=O) groups excluding carboxylic acids is 1. The molecule has 0 saturated heterocycles. The SMILES string of the molecule is O=C(O)c1ccc(CCNC(=O)C2CC23CC3)cc1. The Labute approximate surface area is 111 Å². The Morgan fingerprint density at radius 2 is 1.95 bits per heavy atom. The maximum Gasteiger partial charge on any atom is 0.335 e. The second-order valence-corrected chi connectivity index (χ2v) is 5.66. The molecule has 2 aliphatic carbocycles. The third kappa shape index (κ3) is 2.48. The van der Waals surface area contributed by atoms with Crippen LogP contribution in [0, 0.1) is 11.3 Å². The predicted octanol–water partition coefficient (Wildman–Crippen LogP) is 1.84. The second-order valence-electron chi connectivity index (χ2n) is 5.66. The Bertz CT molecular complexity index is 517. The first kappa shape index (κ1) is 12.2. The van der Waals surface area contributed by atoms with E-state index in [0.717, 1.165) is 18.4 Å². The lowest BCUT2D eigenvalue weighted by atomic mass is 10.1. The van der Waals surface area contributed by atoms with Gasteiger partial charge < -0.3 is 10.4 Å². The first-order chi connectivity index (χ1) is 9.11. The summed E-state index contributed by atoms with van der Waals surface area (Å²) >= 11 is 0. The number of rotatable bonds is 5. The van der Waals surface area contributed by atoms with Crippen LogP contribution in [-0.4, -0.2) is 23.5 Å². The van der Waals surface area contributed by atoms with Gasteiger partial charge in [0.1, 0.15) is 0 Å². The summed E-state index contributed by atoms with van der Waals surface area (Å²) in [6, 6.07) is 6.80. The van der Waals surface area contributed by atoms with Crippen molar-refractivity contribution in [2.75, 3.05) is 6.54 Å². The van der Waals surface area contributed by atoms with E-state index in [4.69, 9.17) is 5.11 Å². The van der Waals surface area contributed by atoms with E-state index in [-0.39, 0.29) is 11.8 Å². The van der Waals surface area contributed by atoms with E-state index in [2.05, 4.69) is 5.32 Å². The zero-order valence-electron chi connectivity index (χ0n) is 10.7. The van der Waals surface area contributed by atoms with E-state index < -0.39 is 5.97 Å². The summed E-state index contributed by atoms with van der Waals surface area (Å²) in [4.78, 5) is 22.5. The van der Waals surface area contributed by atoms with Crippen LogP contribution in [0.15, 0.2) is 24.3 Å². The normalized spacial score (nSPS) is 22.0. The van der Waals surface area contributed by atoms with E-state index in [1.54, 1.807) is 24.3 Å². The van der Waals surface area contributed by atoms with Crippen LogP contribution in [0.2, 0.25) is 0 Å². The van der Waals surface area contributed by atoms with Gasteiger partial charge in [-0.25, -0.2) is 4.79 Å². The van der Waals surface area contributed by atoms with Crippen molar-refractivity contribution in [2.45, 2.75) is 25.7 Å². The Hall–Kier alpha value is -1.84. The molecule has 1 spiro atoms. The van der Waals surface area contributed by atoms with Crippen LogP contribution in [0.3, 0.4) is 0 Å². The molecule has 0 heterocycles. The summed E-state index contributed by atoms with van der Waals surface area (Å²) in [5.74, 6) is -0.454. The van der Waals surface area contributed by atoms with Crippen molar-refractivity contribution >= 4 is 11.9 Å². The van der Waals surface area contributed by atoms with Crippen LogP contribution in [0.1, 0.15) is 35.2 Å². The fourth-order valence-corrected chi connectivity index (χ4v) is 2.70. The second kappa shape index (κ2) is 4.37. The highest BCUT2D eigenvalue weighted by molar-refractivity contribution is 5.87. The topological polar surface area (TPSA) is 66.4 Å². The molecule has 2 aliphatic rings. The largest absolute Gasteiger partial charge is 0.478 e. The Morgan fingerprint density at radius 3 is 2.47 bits per heavy atom. The van der Waals surface area contributed by atoms with Crippen LogP contribution in [0.25, 0.3) is 0 Å². The van der Waals surface area contributed by atoms with Gasteiger partial charge in [-0.1, -0.05) is 12.1 Å². The highest BCUT2D eigenvalue weighted by atomic mass is 16.4. The van der Waals surface area contributed by atoms with Gasteiger partial charge in [-0.2, -0.15) is 0 Å². The lowest BCUT2D eigenvalue weighted by molar-refractivity contribution is -0.122. The van der Waals surface area contributed by atoms with E-state index in [1.807, 2.05) is 0 Å². The van der Waals surface area contributed by atoms with Crippen LogP contribution in [0.4, 0.5) is 0 Å². The Morgan fingerprint density at radius 1 is 1.26 bits per heavy atom. The van der Waals surface area contributed by atoms with E-state index in [0.29, 0.717) is 17.5 Å². The Kier molecular flexibility index (Phi) is 2.81. The first-order valence-corrected chi connectivity index (χ1v) is 6.71. The minimum atomic E-state index is -0.914. The molecule has 1 aromatic carbocycles. The van der Waals surface area contributed by atoms with Gasteiger partial charge in [-0.05, 0) is 48.8 Å². The van der Waals surface area contributed by atoms with Gasteiger partial charge >= 0.3 is 5.97 Å². The molecule has 1 unspecified atom stereocenters. The van der Waals surface area contributed by atoms with Crippen LogP contribution in [-0.2, 0) is 11.2 Å². The predicted molar refractivity (Wildman–Crippen MR) is 69.9 cm³/mol. The first-order valence-electron chi connectivity index (χ1n) is 6.71. The van der Waals surface area contributed by atoms with E-state index in [9.17, 15) is 9.59 Å². The fourth-order valence-electron chi connectivity index (χ4n) is 2.70. The van der Waals surface area contributed by atoms with Gasteiger partial charge in [0, 0.05) is 12.5 Å².